The minimum Gasteiger partial charge on any atom is -0.494 e. The number of aromatic hydroxyl groups is 1. The molecule has 1 saturated heterocycles. The maximum atomic E-state index is 10.9. The number of hydrogen-bond acceptors (Lipinski definition) is 6. The molecular weight excluding hydrogens is 360 g/mol. The Bertz CT molecular complexity index is 918. The first-order valence-corrected chi connectivity index (χ1v) is 10.4. The lowest BCUT2D eigenvalue weighted by Crippen LogP contribution is -2.37. The minimum absolute atomic E-state index is 0.00256. The maximum absolute atomic E-state index is 10.9. The van der Waals surface area contributed by atoms with E-state index in [1.165, 1.54) is 24.2 Å². The van der Waals surface area contributed by atoms with Crippen LogP contribution in [0.1, 0.15) is 49.0 Å². The summed E-state index contributed by atoms with van der Waals surface area (Å²) in [6.07, 6.45) is 2.43. The molecule has 0 bridgehead atoms. The molecule has 2 atom stereocenters. The molecule has 0 radical (unpaired) electrons. The average Bonchev–Trinajstić information content (AvgIpc) is 3.15. The fourth-order valence-electron chi connectivity index (χ4n) is 3.93. The zero-order valence-corrected chi connectivity index (χ0v) is 16.9. The fraction of sp³-hybridized carbons (Fsp3) is 0.500. The summed E-state index contributed by atoms with van der Waals surface area (Å²) in [6, 6.07) is 8.23. The van der Waals surface area contributed by atoms with Gasteiger partial charge < -0.3 is 9.84 Å². The van der Waals surface area contributed by atoms with Crippen LogP contribution in [-0.2, 0) is 0 Å². The number of piperidine rings is 1. The molecule has 2 aromatic heterocycles. The maximum Gasteiger partial charge on any atom is 0.230 e. The SMILES string of the molecule is CCOc1ccc([C@H](c2sc3nc(C)nn3c2O)N2CCC[C@H](C)C2)cc1. The molecule has 1 fully saturated rings. The van der Waals surface area contributed by atoms with Crippen LogP contribution in [0.25, 0.3) is 4.96 Å². The summed E-state index contributed by atoms with van der Waals surface area (Å²) in [5.74, 6) is 2.39. The van der Waals surface area contributed by atoms with E-state index in [2.05, 4.69) is 34.0 Å². The Morgan fingerprint density at radius 1 is 1.33 bits per heavy atom. The van der Waals surface area contributed by atoms with Gasteiger partial charge in [-0.25, -0.2) is 4.98 Å². The molecular formula is C20H26N4O2S. The van der Waals surface area contributed by atoms with E-state index in [1.807, 2.05) is 26.0 Å². The second-order valence-electron chi connectivity index (χ2n) is 7.29. The van der Waals surface area contributed by atoms with Gasteiger partial charge in [-0.15, -0.1) is 5.10 Å². The predicted octanol–water partition coefficient (Wildman–Crippen LogP) is 4.02. The number of fused-ring (bicyclic) bond motifs is 1. The third-order valence-electron chi connectivity index (χ3n) is 5.11. The lowest BCUT2D eigenvalue weighted by molar-refractivity contribution is 0.149. The van der Waals surface area contributed by atoms with E-state index in [4.69, 9.17) is 4.74 Å². The molecule has 6 nitrogen and oxygen atoms in total. The van der Waals surface area contributed by atoms with Crippen molar-refractivity contribution >= 4 is 16.3 Å². The largest absolute Gasteiger partial charge is 0.494 e. The van der Waals surface area contributed by atoms with Gasteiger partial charge in [0.1, 0.15) is 11.6 Å². The van der Waals surface area contributed by atoms with Crippen LogP contribution in [0.5, 0.6) is 11.6 Å². The van der Waals surface area contributed by atoms with Crippen LogP contribution in [-0.4, -0.2) is 44.3 Å². The zero-order valence-electron chi connectivity index (χ0n) is 16.1. The monoisotopic (exact) mass is 386 g/mol. The van der Waals surface area contributed by atoms with Gasteiger partial charge in [0.2, 0.25) is 10.8 Å². The normalized spacial score (nSPS) is 19.4. The standard InChI is InChI=1S/C20H26N4O2S/c1-4-26-16-9-7-15(8-10-16)17(23-11-5-6-13(2)12-23)18-19(25)24-20(27-18)21-14(3)22-24/h7-10,13,17,25H,4-6,11-12H2,1-3H3/t13-,17+/m0/s1. The van der Waals surface area contributed by atoms with Crippen LogP contribution in [0.4, 0.5) is 0 Å². The molecule has 0 unspecified atom stereocenters. The van der Waals surface area contributed by atoms with E-state index < -0.39 is 0 Å². The van der Waals surface area contributed by atoms with Crippen molar-refractivity contribution in [3.63, 3.8) is 0 Å². The first-order chi connectivity index (χ1) is 13.1. The highest BCUT2D eigenvalue weighted by atomic mass is 32.1. The van der Waals surface area contributed by atoms with Gasteiger partial charge in [0.25, 0.3) is 0 Å². The molecule has 0 spiro atoms. The molecule has 0 aliphatic carbocycles. The molecule has 7 heteroatoms. The molecule has 1 aliphatic rings. The van der Waals surface area contributed by atoms with Crippen LogP contribution < -0.4 is 4.74 Å². The van der Waals surface area contributed by atoms with Crippen molar-refractivity contribution in [1.29, 1.82) is 0 Å². The average molecular weight is 387 g/mol. The minimum atomic E-state index is -0.00256. The highest BCUT2D eigenvalue weighted by molar-refractivity contribution is 7.17. The van der Waals surface area contributed by atoms with E-state index in [0.29, 0.717) is 18.3 Å². The molecule has 1 N–H and O–H groups in total. The number of ether oxygens (including phenoxy) is 1. The summed E-state index contributed by atoms with van der Waals surface area (Å²) < 4.78 is 7.16. The van der Waals surface area contributed by atoms with Crippen LogP contribution in [0.3, 0.4) is 0 Å². The van der Waals surface area contributed by atoms with Crippen molar-refractivity contribution in [3.05, 3.63) is 40.5 Å². The van der Waals surface area contributed by atoms with Gasteiger partial charge >= 0.3 is 0 Å². The molecule has 27 heavy (non-hydrogen) atoms. The van der Waals surface area contributed by atoms with Crippen molar-refractivity contribution in [2.75, 3.05) is 19.7 Å². The molecule has 1 aromatic carbocycles. The Morgan fingerprint density at radius 2 is 2.11 bits per heavy atom. The molecule has 1 aliphatic heterocycles. The molecule has 144 valence electrons. The summed E-state index contributed by atoms with van der Waals surface area (Å²) in [7, 11) is 0. The summed E-state index contributed by atoms with van der Waals surface area (Å²) in [4.78, 5) is 8.56. The van der Waals surface area contributed by atoms with Crippen LogP contribution >= 0.6 is 11.3 Å². The molecule has 4 rings (SSSR count). The summed E-state index contributed by atoms with van der Waals surface area (Å²) >= 11 is 1.52. The summed E-state index contributed by atoms with van der Waals surface area (Å²) in [5.41, 5.74) is 1.16. The fourth-order valence-corrected chi connectivity index (χ4v) is 5.09. The number of nitrogens with zero attached hydrogens (tertiary/aromatic N) is 4. The number of hydrogen-bond donors (Lipinski definition) is 1. The van der Waals surface area contributed by atoms with E-state index >= 15 is 0 Å². The van der Waals surface area contributed by atoms with Gasteiger partial charge in [-0.05, 0) is 56.8 Å². The van der Waals surface area contributed by atoms with E-state index in [1.54, 1.807) is 4.52 Å². The molecule has 3 heterocycles. The van der Waals surface area contributed by atoms with Crippen molar-refractivity contribution in [2.24, 2.45) is 5.92 Å². The molecule has 0 saturated carbocycles. The quantitative estimate of drug-likeness (QED) is 0.717. The van der Waals surface area contributed by atoms with Crippen LogP contribution in [0, 0.1) is 12.8 Å². The topological polar surface area (TPSA) is 62.9 Å². The third kappa shape index (κ3) is 3.53. The second kappa shape index (κ2) is 7.48. The third-order valence-corrected chi connectivity index (χ3v) is 6.19. The van der Waals surface area contributed by atoms with Crippen molar-refractivity contribution in [3.8, 4) is 11.6 Å². The van der Waals surface area contributed by atoms with Gasteiger partial charge in [0.05, 0.1) is 17.5 Å². The molecule has 3 aromatic rings. The number of aryl methyl sites for hydroxylation is 1. The highest BCUT2D eigenvalue weighted by Gasteiger charge is 2.31. The Hall–Kier alpha value is -2.12. The Kier molecular flexibility index (Phi) is 5.06. The van der Waals surface area contributed by atoms with Crippen molar-refractivity contribution in [2.45, 2.75) is 39.7 Å². The zero-order chi connectivity index (χ0) is 19.0. The van der Waals surface area contributed by atoms with Gasteiger partial charge in [-0.1, -0.05) is 30.4 Å². The first kappa shape index (κ1) is 18.3. The van der Waals surface area contributed by atoms with E-state index in [9.17, 15) is 5.11 Å². The lowest BCUT2D eigenvalue weighted by atomic mass is 9.95. The summed E-state index contributed by atoms with van der Waals surface area (Å²) in [5, 5.41) is 15.2. The Morgan fingerprint density at radius 3 is 2.78 bits per heavy atom. The predicted molar refractivity (Wildman–Crippen MR) is 107 cm³/mol. The van der Waals surface area contributed by atoms with Gasteiger partial charge in [0, 0.05) is 6.54 Å². The Labute approximate surface area is 163 Å². The summed E-state index contributed by atoms with van der Waals surface area (Å²) in [6.45, 7) is 8.82. The Balaban J connectivity index is 1.77. The van der Waals surface area contributed by atoms with Crippen molar-refractivity contribution < 1.29 is 9.84 Å². The lowest BCUT2D eigenvalue weighted by Gasteiger charge is -2.37. The van der Waals surface area contributed by atoms with Gasteiger partial charge in [0.15, 0.2) is 0 Å². The highest BCUT2D eigenvalue weighted by Crippen LogP contribution is 2.41. The van der Waals surface area contributed by atoms with Crippen LogP contribution in [0.2, 0.25) is 0 Å². The smallest absolute Gasteiger partial charge is 0.230 e. The number of thiazole rings is 1. The van der Waals surface area contributed by atoms with E-state index in [0.717, 1.165) is 34.2 Å². The number of rotatable bonds is 5. The molecule has 0 amide bonds. The number of aromatic nitrogens is 3. The second-order valence-corrected chi connectivity index (χ2v) is 8.30. The van der Waals surface area contributed by atoms with Crippen LogP contribution in [0.15, 0.2) is 24.3 Å². The van der Waals surface area contributed by atoms with Gasteiger partial charge in [-0.2, -0.15) is 4.52 Å². The van der Waals surface area contributed by atoms with Gasteiger partial charge in [-0.3, -0.25) is 4.90 Å². The van der Waals surface area contributed by atoms with Crippen molar-refractivity contribution in [1.82, 2.24) is 19.5 Å². The first-order valence-electron chi connectivity index (χ1n) is 9.58. The van der Waals surface area contributed by atoms with E-state index in [-0.39, 0.29) is 11.9 Å². The number of likely N-dealkylation sites (tertiary alicyclic amines) is 1. The number of benzene rings is 1.